The van der Waals surface area contributed by atoms with Crippen LogP contribution >= 0.6 is 0 Å². The summed E-state index contributed by atoms with van der Waals surface area (Å²) < 4.78 is 0.746. The number of likely N-dealkylation sites (N-methyl/N-ethyl adjacent to an activating group) is 1. The zero-order valence-corrected chi connectivity index (χ0v) is 22.2. The van der Waals surface area contributed by atoms with Crippen LogP contribution < -0.4 is 27.8 Å². The molecule has 1 unspecified atom stereocenters. The van der Waals surface area contributed by atoms with E-state index in [1.54, 1.807) is 6.07 Å². The first-order valence-corrected chi connectivity index (χ1v) is 13.2. The summed E-state index contributed by atoms with van der Waals surface area (Å²) in [6.07, 6.45) is 2.28. The van der Waals surface area contributed by atoms with Gasteiger partial charge in [0.2, 0.25) is 11.8 Å². The highest BCUT2D eigenvalue weighted by Gasteiger charge is 2.26. The van der Waals surface area contributed by atoms with Gasteiger partial charge in [-0.3, -0.25) is 9.59 Å². The first-order valence-electron chi connectivity index (χ1n) is 13.2. The molecule has 10 heteroatoms. The number of fused-ring (bicyclic) bond motifs is 1. The van der Waals surface area contributed by atoms with Gasteiger partial charge < -0.3 is 32.3 Å². The number of carbonyl (C=O) groups is 2. The van der Waals surface area contributed by atoms with E-state index in [2.05, 4.69) is 27.9 Å². The second-order valence-corrected chi connectivity index (χ2v) is 9.98. The lowest BCUT2D eigenvalue weighted by molar-refractivity contribution is -0.907. The Bertz CT molecular complexity index is 1170. The van der Waals surface area contributed by atoms with Gasteiger partial charge in [-0.15, -0.1) is 10.2 Å². The third-order valence-corrected chi connectivity index (χ3v) is 6.83. The number of benzene rings is 2. The Labute approximate surface area is 224 Å². The molecule has 0 radical (unpaired) electrons. The molecule has 0 aliphatic rings. The molecule has 3 aromatic rings. The van der Waals surface area contributed by atoms with E-state index in [0.717, 1.165) is 47.0 Å². The van der Waals surface area contributed by atoms with Crippen LogP contribution in [0, 0.1) is 0 Å². The summed E-state index contributed by atoms with van der Waals surface area (Å²) in [4.78, 5) is 26.3. The smallest absolute Gasteiger partial charge is 0.248 e. The standard InChI is InChI=1S/C28H40N8O2/c1-36(18-15-29,19-16-30)17-7-11-23(31)27(37)32-25(14-13-21-8-3-2-4-9-21)28(38)33-26-20-22-10-5-6-12-24(22)34-35-26/h2-6,8-10,12,20,23,25H,7,11,13-19,29-31H2,1H3,(H-,32,33,35,37,38)/p+1/t23?,25-/m0/s1. The van der Waals surface area contributed by atoms with Crippen LogP contribution in [-0.2, 0) is 16.0 Å². The Kier molecular flexibility index (Phi) is 11.1. The number of nitrogens with zero attached hydrogens (tertiary/aromatic N) is 3. The number of nitrogens with two attached hydrogens (primary N) is 3. The topological polar surface area (TPSA) is 162 Å². The number of amides is 2. The lowest BCUT2D eigenvalue weighted by Crippen LogP contribution is -2.52. The van der Waals surface area contributed by atoms with Crippen molar-refractivity contribution in [1.29, 1.82) is 0 Å². The number of anilines is 1. The SMILES string of the molecule is C[N+](CCN)(CCN)CCCC(N)C(=O)N[C@@H](CCc1ccccc1)C(=O)Nc1cc2ccccc2nn1. The largest absolute Gasteiger partial charge is 0.343 e. The highest BCUT2D eigenvalue weighted by molar-refractivity contribution is 5.98. The monoisotopic (exact) mass is 521 g/mol. The lowest BCUT2D eigenvalue weighted by Gasteiger charge is -2.34. The third-order valence-electron chi connectivity index (χ3n) is 6.83. The molecule has 8 N–H and O–H groups in total. The Hall–Kier alpha value is -3.44. The molecule has 204 valence electrons. The number of aromatic nitrogens is 2. The molecule has 0 saturated carbocycles. The zero-order valence-electron chi connectivity index (χ0n) is 22.2. The molecule has 0 aliphatic carbocycles. The van der Waals surface area contributed by atoms with Gasteiger partial charge in [0, 0.05) is 18.5 Å². The predicted octanol–water partition coefficient (Wildman–Crippen LogP) is 1.16. The van der Waals surface area contributed by atoms with Crippen molar-refractivity contribution in [3.8, 4) is 0 Å². The van der Waals surface area contributed by atoms with Crippen molar-refractivity contribution in [1.82, 2.24) is 15.5 Å². The summed E-state index contributed by atoms with van der Waals surface area (Å²) in [5.74, 6) is -0.385. The van der Waals surface area contributed by atoms with E-state index in [1.807, 2.05) is 54.6 Å². The number of rotatable bonds is 15. The van der Waals surface area contributed by atoms with E-state index in [0.29, 0.717) is 38.2 Å². The molecule has 0 bridgehead atoms. The van der Waals surface area contributed by atoms with E-state index in [4.69, 9.17) is 17.2 Å². The van der Waals surface area contributed by atoms with Gasteiger partial charge in [0.25, 0.3) is 0 Å². The van der Waals surface area contributed by atoms with Crippen molar-refractivity contribution in [2.45, 2.75) is 37.8 Å². The summed E-state index contributed by atoms with van der Waals surface area (Å²) in [7, 11) is 2.12. The van der Waals surface area contributed by atoms with E-state index in [1.165, 1.54) is 0 Å². The van der Waals surface area contributed by atoms with E-state index >= 15 is 0 Å². The number of nitrogens with one attached hydrogen (secondary N) is 2. The summed E-state index contributed by atoms with van der Waals surface area (Å²) in [6, 6.07) is 17.6. The normalized spacial score (nSPS) is 13.2. The van der Waals surface area contributed by atoms with Crippen LogP contribution in [0.15, 0.2) is 60.7 Å². The quantitative estimate of drug-likeness (QED) is 0.187. The van der Waals surface area contributed by atoms with Crippen LogP contribution in [0.1, 0.15) is 24.8 Å². The molecule has 0 fully saturated rings. The van der Waals surface area contributed by atoms with Crippen molar-refractivity contribution < 1.29 is 14.1 Å². The van der Waals surface area contributed by atoms with Crippen LogP contribution in [0.4, 0.5) is 5.82 Å². The van der Waals surface area contributed by atoms with Gasteiger partial charge in [-0.2, -0.15) is 0 Å². The fourth-order valence-electron chi connectivity index (χ4n) is 4.54. The second-order valence-electron chi connectivity index (χ2n) is 9.98. The van der Waals surface area contributed by atoms with Gasteiger partial charge in [0.1, 0.15) is 6.04 Å². The first-order chi connectivity index (χ1) is 18.3. The predicted molar refractivity (Wildman–Crippen MR) is 151 cm³/mol. The van der Waals surface area contributed by atoms with Gasteiger partial charge in [0.05, 0.1) is 38.2 Å². The van der Waals surface area contributed by atoms with Gasteiger partial charge in [-0.1, -0.05) is 48.5 Å². The van der Waals surface area contributed by atoms with Gasteiger partial charge in [-0.05, 0) is 43.4 Å². The Morgan fingerprint density at radius 3 is 2.29 bits per heavy atom. The average molecular weight is 522 g/mol. The number of hydrogen-bond donors (Lipinski definition) is 5. The second kappa shape index (κ2) is 14.5. The van der Waals surface area contributed by atoms with E-state index < -0.39 is 12.1 Å². The van der Waals surface area contributed by atoms with Crippen molar-refractivity contribution in [3.05, 3.63) is 66.2 Å². The maximum Gasteiger partial charge on any atom is 0.248 e. The summed E-state index contributed by atoms with van der Waals surface area (Å²) in [6.45, 7) is 3.61. The van der Waals surface area contributed by atoms with Crippen LogP contribution in [0.25, 0.3) is 10.9 Å². The minimum absolute atomic E-state index is 0.328. The van der Waals surface area contributed by atoms with Crippen molar-refractivity contribution in [2.24, 2.45) is 17.2 Å². The molecule has 0 aliphatic heterocycles. The minimum atomic E-state index is -0.780. The van der Waals surface area contributed by atoms with Crippen LogP contribution in [0.5, 0.6) is 0 Å². The van der Waals surface area contributed by atoms with Crippen molar-refractivity contribution in [3.63, 3.8) is 0 Å². The Balaban J connectivity index is 1.63. The molecule has 0 spiro atoms. The number of carbonyl (C=O) groups excluding carboxylic acids is 2. The minimum Gasteiger partial charge on any atom is -0.343 e. The molecular formula is C28H41N8O2+. The maximum atomic E-state index is 13.3. The van der Waals surface area contributed by atoms with Crippen LogP contribution in [0.3, 0.4) is 0 Å². The maximum absolute atomic E-state index is 13.3. The molecule has 0 saturated heterocycles. The Morgan fingerprint density at radius 1 is 0.895 bits per heavy atom. The fourth-order valence-corrected chi connectivity index (χ4v) is 4.54. The molecule has 38 heavy (non-hydrogen) atoms. The molecule has 1 heterocycles. The summed E-state index contributed by atoms with van der Waals surface area (Å²) in [5.41, 5.74) is 19.6. The Morgan fingerprint density at radius 2 is 1.58 bits per heavy atom. The zero-order chi connectivity index (χ0) is 27.4. The van der Waals surface area contributed by atoms with Crippen LogP contribution in [-0.4, -0.2) is 78.3 Å². The van der Waals surface area contributed by atoms with Crippen molar-refractivity contribution >= 4 is 28.5 Å². The van der Waals surface area contributed by atoms with E-state index in [-0.39, 0.29) is 11.8 Å². The summed E-state index contributed by atoms with van der Waals surface area (Å²) in [5, 5.41) is 14.8. The van der Waals surface area contributed by atoms with Crippen LogP contribution in [0.2, 0.25) is 0 Å². The van der Waals surface area contributed by atoms with Crippen molar-refractivity contribution in [2.75, 3.05) is 45.1 Å². The fraction of sp³-hybridized carbons (Fsp3) is 0.429. The molecule has 3 rings (SSSR count). The highest BCUT2D eigenvalue weighted by atomic mass is 16.2. The molecular weight excluding hydrogens is 480 g/mol. The average Bonchev–Trinajstić information content (AvgIpc) is 2.91. The van der Waals surface area contributed by atoms with Gasteiger partial charge in [-0.25, -0.2) is 0 Å². The number of aryl methyl sites for hydroxylation is 1. The lowest BCUT2D eigenvalue weighted by atomic mass is 10.0. The first kappa shape index (κ1) is 29.1. The molecule has 2 aromatic carbocycles. The van der Waals surface area contributed by atoms with E-state index in [9.17, 15) is 9.59 Å². The number of quaternary nitrogens is 1. The molecule has 1 aromatic heterocycles. The third kappa shape index (κ3) is 8.84. The summed E-state index contributed by atoms with van der Waals surface area (Å²) >= 11 is 0. The van der Waals surface area contributed by atoms with Gasteiger partial charge in [0.15, 0.2) is 5.82 Å². The molecule has 2 atom stereocenters. The highest BCUT2D eigenvalue weighted by Crippen LogP contribution is 2.15. The van der Waals surface area contributed by atoms with Gasteiger partial charge >= 0.3 is 0 Å². The molecule has 10 nitrogen and oxygen atoms in total. The molecule has 2 amide bonds. The number of hydrogen-bond acceptors (Lipinski definition) is 7.